The number of anilines is 1. The van der Waals surface area contributed by atoms with Crippen molar-refractivity contribution in [3.8, 4) is 0 Å². The van der Waals surface area contributed by atoms with E-state index in [0.717, 1.165) is 59.2 Å². The fourth-order valence-electron chi connectivity index (χ4n) is 5.70. The number of carbonyl (C=O) groups is 1. The number of rotatable bonds is 7. The number of aliphatic hydroxyl groups excluding tert-OH is 1. The maximum atomic E-state index is 13.3. The van der Waals surface area contributed by atoms with Crippen LogP contribution in [0.3, 0.4) is 0 Å². The van der Waals surface area contributed by atoms with Gasteiger partial charge in [0, 0.05) is 55.7 Å². The third kappa shape index (κ3) is 4.88. The first-order chi connectivity index (χ1) is 18.3. The summed E-state index contributed by atoms with van der Waals surface area (Å²) in [6, 6.07) is 7.84. The zero-order valence-electron chi connectivity index (χ0n) is 22.0. The summed E-state index contributed by atoms with van der Waals surface area (Å²) in [7, 11) is 1.75. The van der Waals surface area contributed by atoms with Gasteiger partial charge < -0.3 is 15.3 Å². The number of benzene rings is 1. The zero-order chi connectivity index (χ0) is 27.0. The molecule has 4 aromatic rings. The summed E-state index contributed by atoms with van der Waals surface area (Å²) in [5.74, 6) is 0.337. The van der Waals surface area contributed by atoms with Crippen LogP contribution in [-0.2, 0) is 24.8 Å². The van der Waals surface area contributed by atoms with Gasteiger partial charge in [-0.2, -0.15) is 5.10 Å². The average Bonchev–Trinajstić information content (AvgIpc) is 3.31. The fourth-order valence-corrected chi connectivity index (χ4v) is 5.85. The van der Waals surface area contributed by atoms with E-state index in [1.165, 1.54) is 0 Å². The van der Waals surface area contributed by atoms with E-state index < -0.39 is 0 Å². The molecule has 0 unspecified atom stereocenters. The molecule has 9 nitrogen and oxygen atoms in total. The molecule has 0 aliphatic carbocycles. The van der Waals surface area contributed by atoms with E-state index in [4.69, 9.17) is 11.6 Å². The molecule has 4 heterocycles. The van der Waals surface area contributed by atoms with Crippen LogP contribution in [0.2, 0.25) is 5.15 Å². The Balaban J connectivity index is 1.44. The number of amides is 1. The van der Waals surface area contributed by atoms with E-state index in [1.807, 2.05) is 24.0 Å². The van der Waals surface area contributed by atoms with Gasteiger partial charge in [-0.05, 0) is 49.9 Å². The van der Waals surface area contributed by atoms with Gasteiger partial charge in [0.2, 0.25) is 5.91 Å². The Morgan fingerprint density at radius 3 is 2.68 bits per heavy atom. The number of likely N-dealkylation sites (tertiary alicyclic amines) is 1. The van der Waals surface area contributed by atoms with Crippen LogP contribution < -0.4 is 10.9 Å². The summed E-state index contributed by atoms with van der Waals surface area (Å²) in [6.45, 7) is 5.96. The van der Waals surface area contributed by atoms with Crippen molar-refractivity contribution in [3.63, 3.8) is 0 Å². The van der Waals surface area contributed by atoms with Gasteiger partial charge in [-0.25, -0.2) is 9.67 Å². The minimum Gasteiger partial charge on any atom is -0.394 e. The van der Waals surface area contributed by atoms with Crippen LogP contribution in [0.5, 0.6) is 0 Å². The molecule has 1 fully saturated rings. The molecule has 1 saturated heterocycles. The smallest absolute Gasteiger partial charge is 0.259 e. The van der Waals surface area contributed by atoms with Crippen LogP contribution >= 0.6 is 11.6 Å². The van der Waals surface area contributed by atoms with Crippen LogP contribution in [0.15, 0.2) is 35.3 Å². The van der Waals surface area contributed by atoms with Crippen molar-refractivity contribution in [2.24, 2.45) is 7.05 Å². The van der Waals surface area contributed by atoms with Crippen molar-refractivity contribution in [2.45, 2.75) is 45.6 Å². The highest BCUT2D eigenvalue weighted by molar-refractivity contribution is 6.29. The minimum atomic E-state index is -0.0776. The number of fused-ring (bicyclic) bond motifs is 3. The molecule has 0 atom stereocenters. The monoisotopic (exact) mass is 536 g/mol. The summed E-state index contributed by atoms with van der Waals surface area (Å²) in [4.78, 5) is 31.6. The highest BCUT2D eigenvalue weighted by Crippen LogP contribution is 2.33. The van der Waals surface area contributed by atoms with Gasteiger partial charge in [0.05, 0.1) is 30.7 Å². The molecule has 200 valence electrons. The quantitative estimate of drug-likeness (QED) is 0.350. The fraction of sp³-hybridized carbons (Fsp3) is 0.429. The second-order valence-corrected chi connectivity index (χ2v) is 10.5. The zero-order valence-corrected chi connectivity index (χ0v) is 22.8. The summed E-state index contributed by atoms with van der Waals surface area (Å²) in [5, 5.41) is 20.4. The number of piperidine rings is 1. The van der Waals surface area contributed by atoms with Crippen molar-refractivity contribution in [1.82, 2.24) is 24.2 Å². The van der Waals surface area contributed by atoms with Gasteiger partial charge in [-0.1, -0.05) is 23.2 Å². The molecule has 5 rings (SSSR count). The number of hydrogen-bond donors (Lipinski definition) is 2. The molecule has 1 aliphatic heterocycles. The second kappa shape index (κ2) is 10.7. The van der Waals surface area contributed by atoms with Gasteiger partial charge in [0.15, 0.2) is 0 Å². The van der Waals surface area contributed by atoms with Crippen molar-refractivity contribution < 1.29 is 9.90 Å². The molecule has 1 amide bonds. The first-order valence-electron chi connectivity index (χ1n) is 13.0. The lowest BCUT2D eigenvalue weighted by atomic mass is 9.92. The summed E-state index contributed by atoms with van der Waals surface area (Å²) in [6.07, 6.45) is 4.18. The third-order valence-electron chi connectivity index (χ3n) is 7.54. The molecule has 1 aromatic carbocycles. The van der Waals surface area contributed by atoms with Gasteiger partial charge >= 0.3 is 0 Å². The number of aliphatic hydroxyl groups is 1. The van der Waals surface area contributed by atoms with Crippen molar-refractivity contribution >= 4 is 45.0 Å². The largest absolute Gasteiger partial charge is 0.394 e. The predicted octanol–water partition coefficient (Wildman–Crippen LogP) is 3.62. The Kier molecular flexibility index (Phi) is 7.40. The summed E-state index contributed by atoms with van der Waals surface area (Å²) >= 11 is 6.28. The van der Waals surface area contributed by atoms with Crippen LogP contribution in [-0.4, -0.2) is 61.5 Å². The molecule has 0 saturated carbocycles. The number of carbonyl (C=O) groups excluding carboxylic acids is 1. The second-order valence-electron chi connectivity index (χ2n) is 10.1. The number of aromatic nitrogens is 4. The number of pyridine rings is 2. The molecule has 10 heteroatoms. The maximum absolute atomic E-state index is 13.3. The third-order valence-corrected chi connectivity index (χ3v) is 7.75. The van der Waals surface area contributed by atoms with Crippen molar-refractivity contribution in [2.75, 3.05) is 31.6 Å². The van der Waals surface area contributed by atoms with E-state index in [9.17, 15) is 14.7 Å². The maximum Gasteiger partial charge on any atom is 0.259 e. The number of halogens is 1. The minimum absolute atomic E-state index is 0.0566. The Hall–Kier alpha value is -3.43. The van der Waals surface area contributed by atoms with E-state index in [0.29, 0.717) is 35.7 Å². The molecule has 0 spiro atoms. The lowest BCUT2D eigenvalue weighted by Crippen LogP contribution is -2.36. The highest BCUT2D eigenvalue weighted by atomic mass is 35.5. The number of hydrogen-bond acceptors (Lipinski definition) is 6. The first kappa shape index (κ1) is 26.2. The average molecular weight is 537 g/mol. The molecule has 38 heavy (non-hydrogen) atoms. The number of nitrogens with one attached hydrogen (secondary N) is 1. The Bertz CT molecular complexity index is 1570. The highest BCUT2D eigenvalue weighted by Gasteiger charge is 2.25. The SMILES string of the molecule is CC(=O)N1CCC(c2nc(Cl)ccc2NCCc2cc(C)cc3c(=O)n(C)c4c(cnn4CCO)c23)CC1. The lowest BCUT2D eigenvalue weighted by Gasteiger charge is -2.31. The van der Waals surface area contributed by atoms with Crippen LogP contribution in [0.4, 0.5) is 5.69 Å². The van der Waals surface area contributed by atoms with E-state index in [-0.39, 0.29) is 24.0 Å². The summed E-state index contributed by atoms with van der Waals surface area (Å²) < 4.78 is 3.30. The molecule has 2 N–H and O–H groups in total. The van der Waals surface area contributed by atoms with Crippen LogP contribution in [0.1, 0.15) is 42.5 Å². The molecule has 1 aliphatic rings. The molecular weight excluding hydrogens is 504 g/mol. The first-order valence-corrected chi connectivity index (χ1v) is 13.4. The Morgan fingerprint density at radius 2 is 1.97 bits per heavy atom. The number of nitrogens with zero attached hydrogens (tertiary/aromatic N) is 5. The van der Waals surface area contributed by atoms with Crippen molar-refractivity contribution in [3.05, 3.63) is 62.8 Å². The van der Waals surface area contributed by atoms with Gasteiger partial charge in [-0.3, -0.25) is 14.2 Å². The van der Waals surface area contributed by atoms with Gasteiger partial charge in [-0.15, -0.1) is 0 Å². The van der Waals surface area contributed by atoms with E-state index in [1.54, 1.807) is 35.5 Å². The molecule has 0 radical (unpaired) electrons. The number of aryl methyl sites for hydroxylation is 2. The topological polar surface area (TPSA) is 105 Å². The van der Waals surface area contributed by atoms with Gasteiger partial charge in [0.1, 0.15) is 10.8 Å². The van der Waals surface area contributed by atoms with Crippen LogP contribution in [0.25, 0.3) is 21.8 Å². The standard InChI is InChI=1S/C28H33ClN6O3/c1-17-14-20(25-21(15-17)28(38)33(3)27-22(25)16-31-35(27)12-13-36)6-9-30-23-4-5-24(29)32-26(23)19-7-10-34(11-8-19)18(2)37/h4-5,14-16,19,30,36H,6-13H2,1-3H3. The molecular formula is C28H33ClN6O3. The summed E-state index contributed by atoms with van der Waals surface area (Å²) in [5.41, 5.74) is 4.61. The van der Waals surface area contributed by atoms with E-state index >= 15 is 0 Å². The predicted molar refractivity (Wildman–Crippen MR) is 150 cm³/mol. The van der Waals surface area contributed by atoms with E-state index in [2.05, 4.69) is 21.5 Å². The van der Waals surface area contributed by atoms with Crippen molar-refractivity contribution in [1.29, 1.82) is 0 Å². The Morgan fingerprint density at radius 1 is 1.21 bits per heavy atom. The Labute approximate surface area is 226 Å². The lowest BCUT2D eigenvalue weighted by molar-refractivity contribution is -0.129. The normalized spacial score (nSPS) is 14.5. The van der Waals surface area contributed by atoms with Crippen LogP contribution in [0, 0.1) is 6.92 Å². The van der Waals surface area contributed by atoms with Gasteiger partial charge in [0.25, 0.3) is 5.56 Å². The molecule has 3 aromatic heterocycles. The molecule has 0 bridgehead atoms.